The zero-order valence-corrected chi connectivity index (χ0v) is 10.9. The molecule has 0 fully saturated rings. The van der Waals surface area contributed by atoms with E-state index in [0.29, 0.717) is 6.54 Å². The Morgan fingerprint density at radius 1 is 1.38 bits per heavy atom. The molecule has 0 aliphatic heterocycles. The minimum absolute atomic E-state index is 0.457. The number of rotatable bonds is 2. The third-order valence-corrected chi connectivity index (χ3v) is 3.23. The molecule has 84 valence electrons. The standard InChI is InChI=1S/C12H14BrN3/c1-7-3-4-9(8(2)5-7)12-15-10(6-14)11(13)16-12/h3-5H,6,14H2,1-2H3,(H,15,16). The number of nitrogens with two attached hydrogens (primary N) is 1. The zero-order chi connectivity index (χ0) is 11.7. The second-order valence-electron chi connectivity index (χ2n) is 3.88. The van der Waals surface area contributed by atoms with Crippen LogP contribution in [0.15, 0.2) is 22.8 Å². The molecule has 0 bridgehead atoms. The molecule has 1 aromatic heterocycles. The molecule has 2 rings (SSSR count). The summed E-state index contributed by atoms with van der Waals surface area (Å²) >= 11 is 3.39. The van der Waals surface area contributed by atoms with Gasteiger partial charge in [0.15, 0.2) is 0 Å². The molecule has 0 atom stereocenters. The van der Waals surface area contributed by atoms with Crippen LogP contribution >= 0.6 is 15.9 Å². The van der Waals surface area contributed by atoms with Crippen molar-refractivity contribution in [2.45, 2.75) is 20.4 Å². The number of halogens is 1. The van der Waals surface area contributed by atoms with E-state index < -0.39 is 0 Å². The molecule has 0 amide bonds. The number of aromatic nitrogens is 2. The Labute approximate surface area is 103 Å². The van der Waals surface area contributed by atoms with Gasteiger partial charge in [0.1, 0.15) is 10.4 Å². The molecule has 0 spiro atoms. The average molecular weight is 280 g/mol. The summed E-state index contributed by atoms with van der Waals surface area (Å²) in [7, 11) is 0. The summed E-state index contributed by atoms with van der Waals surface area (Å²) in [5.74, 6) is 0.866. The monoisotopic (exact) mass is 279 g/mol. The molecule has 0 aliphatic rings. The molecular weight excluding hydrogens is 266 g/mol. The normalized spacial score (nSPS) is 10.8. The van der Waals surface area contributed by atoms with Crippen LogP contribution in [0, 0.1) is 13.8 Å². The number of aryl methyl sites for hydroxylation is 2. The lowest BCUT2D eigenvalue weighted by Crippen LogP contribution is -1.97. The lowest BCUT2D eigenvalue weighted by molar-refractivity contribution is 1.00. The Bertz CT molecular complexity index is 517. The van der Waals surface area contributed by atoms with Gasteiger partial charge in [0.05, 0.1) is 5.69 Å². The quantitative estimate of drug-likeness (QED) is 0.888. The largest absolute Gasteiger partial charge is 0.340 e. The maximum Gasteiger partial charge on any atom is 0.139 e. The number of benzene rings is 1. The highest BCUT2D eigenvalue weighted by Crippen LogP contribution is 2.24. The molecule has 0 aliphatic carbocycles. The topological polar surface area (TPSA) is 54.7 Å². The van der Waals surface area contributed by atoms with Crippen molar-refractivity contribution in [2.75, 3.05) is 0 Å². The van der Waals surface area contributed by atoms with Crippen LogP contribution < -0.4 is 5.73 Å². The van der Waals surface area contributed by atoms with Crippen LogP contribution in [0.25, 0.3) is 11.4 Å². The van der Waals surface area contributed by atoms with Crippen molar-refractivity contribution in [1.82, 2.24) is 9.97 Å². The van der Waals surface area contributed by atoms with Crippen molar-refractivity contribution in [2.24, 2.45) is 5.73 Å². The van der Waals surface area contributed by atoms with Crippen molar-refractivity contribution >= 4 is 15.9 Å². The van der Waals surface area contributed by atoms with Crippen LogP contribution in [0.5, 0.6) is 0 Å². The fraction of sp³-hybridized carbons (Fsp3) is 0.250. The molecule has 0 saturated carbocycles. The minimum atomic E-state index is 0.457. The lowest BCUT2D eigenvalue weighted by Gasteiger charge is -2.03. The second-order valence-corrected chi connectivity index (χ2v) is 4.63. The average Bonchev–Trinajstić information content (AvgIpc) is 2.59. The Kier molecular flexibility index (Phi) is 3.12. The Hall–Kier alpha value is -1.13. The molecule has 0 unspecified atom stereocenters. The van der Waals surface area contributed by atoms with Crippen LogP contribution in [0.3, 0.4) is 0 Å². The fourth-order valence-corrected chi connectivity index (χ4v) is 2.17. The number of H-pyrrole nitrogens is 1. The first kappa shape index (κ1) is 11.4. The van der Waals surface area contributed by atoms with Crippen molar-refractivity contribution in [3.63, 3.8) is 0 Å². The molecule has 2 aromatic rings. The van der Waals surface area contributed by atoms with Gasteiger partial charge in [-0.2, -0.15) is 0 Å². The fourth-order valence-electron chi connectivity index (χ4n) is 1.73. The number of hydrogen-bond donors (Lipinski definition) is 2. The molecule has 16 heavy (non-hydrogen) atoms. The first-order valence-electron chi connectivity index (χ1n) is 5.14. The highest BCUT2D eigenvalue weighted by Gasteiger charge is 2.09. The van der Waals surface area contributed by atoms with E-state index in [9.17, 15) is 0 Å². The zero-order valence-electron chi connectivity index (χ0n) is 9.34. The molecule has 1 heterocycles. The minimum Gasteiger partial charge on any atom is -0.340 e. The predicted octanol–water partition coefficient (Wildman–Crippen LogP) is 2.91. The van der Waals surface area contributed by atoms with E-state index in [1.807, 2.05) is 0 Å². The third kappa shape index (κ3) is 2.03. The molecule has 0 radical (unpaired) electrons. The summed E-state index contributed by atoms with van der Waals surface area (Å²) in [6, 6.07) is 6.31. The van der Waals surface area contributed by atoms with Gasteiger partial charge >= 0.3 is 0 Å². The summed E-state index contributed by atoms with van der Waals surface area (Å²) in [6.45, 7) is 4.62. The number of imidazole rings is 1. The van der Waals surface area contributed by atoms with Gasteiger partial charge in [-0.05, 0) is 35.3 Å². The van der Waals surface area contributed by atoms with Crippen molar-refractivity contribution in [1.29, 1.82) is 0 Å². The van der Waals surface area contributed by atoms with Gasteiger partial charge in [0.25, 0.3) is 0 Å². The molecule has 3 N–H and O–H groups in total. The maximum atomic E-state index is 5.60. The van der Waals surface area contributed by atoms with Gasteiger partial charge in [0, 0.05) is 12.1 Å². The smallest absolute Gasteiger partial charge is 0.139 e. The second kappa shape index (κ2) is 4.39. The van der Waals surface area contributed by atoms with E-state index in [0.717, 1.165) is 21.7 Å². The van der Waals surface area contributed by atoms with Crippen molar-refractivity contribution in [3.8, 4) is 11.4 Å². The SMILES string of the molecule is Cc1ccc(-c2nc(Br)c(CN)[nH]2)c(C)c1. The van der Waals surface area contributed by atoms with E-state index in [1.165, 1.54) is 11.1 Å². The molecule has 1 aromatic carbocycles. The Balaban J connectivity index is 2.50. The van der Waals surface area contributed by atoms with Gasteiger partial charge in [-0.3, -0.25) is 0 Å². The molecular formula is C12H14BrN3. The maximum absolute atomic E-state index is 5.60. The highest BCUT2D eigenvalue weighted by atomic mass is 79.9. The van der Waals surface area contributed by atoms with Gasteiger partial charge < -0.3 is 10.7 Å². The van der Waals surface area contributed by atoms with Crippen LogP contribution in [0.2, 0.25) is 0 Å². The Morgan fingerprint density at radius 3 is 2.69 bits per heavy atom. The first-order chi connectivity index (χ1) is 7.61. The summed E-state index contributed by atoms with van der Waals surface area (Å²) in [5, 5.41) is 0. The summed E-state index contributed by atoms with van der Waals surface area (Å²) in [5.41, 5.74) is 10.1. The lowest BCUT2D eigenvalue weighted by atomic mass is 10.1. The van der Waals surface area contributed by atoms with E-state index in [-0.39, 0.29) is 0 Å². The molecule has 0 saturated heterocycles. The van der Waals surface area contributed by atoms with E-state index in [1.54, 1.807) is 0 Å². The van der Waals surface area contributed by atoms with Crippen molar-refractivity contribution < 1.29 is 0 Å². The number of aromatic amines is 1. The summed E-state index contributed by atoms with van der Waals surface area (Å²) < 4.78 is 0.796. The van der Waals surface area contributed by atoms with E-state index in [2.05, 4.69) is 57.9 Å². The van der Waals surface area contributed by atoms with Crippen molar-refractivity contribution in [3.05, 3.63) is 39.6 Å². The predicted molar refractivity (Wildman–Crippen MR) is 69.1 cm³/mol. The Morgan fingerprint density at radius 2 is 2.12 bits per heavy atom. The van der Waals surface area contributed by atoms with Gasteiger partial charge in [-0.1, -0.05) is 23.8 Å². The van der Waals surface area contributed by atoms with Gasteiger partial charge in [-0.25, -0.2) is 4.98 Å². The highest BCUT2D eigenvalue weighted by molar-refractivity contribution is 9.10. The van der Waals surface area contributed by atoms with Gasteiger partial charge in [-0.15, -0.1) is 0 Å². The van der Waals surface area contributed by atoms with E-state index >= 15 is 0 Å². The van der Waals surface area contributed by atoms with Crippen LogP contribution in [0.4, 0.5) is 0 Å². The summed E-state index contributed by atoms with van der Waals surface area (Å²) in [6.07, 6.45) is 0. The third-order valence-electron chi connectivity index (χ3n) is 2.57. The first-order valence-corrected chi connectivity index (χ1v) is 5.93. The van der Waals surface area contributed by atoms with E-state index in [4.69, 9.17) is 5.73 Å². The van der Waals surface area contributed by atoms with Crippen LogP contribution in [-0.4, -0.2) is 9.97 Å². The number of nitrogens with one attached hydrogen (secondary N) is 1. The summed E-state index contributed by atoms with van der Waals surface area (Å²) in [4.78, 5) is 7.65. The number of hydrogen-bond acceptors (Lipinski definition) is 2. The number of nitrogens with zero attached hydrogens (tertiary/aromatic N) is 1. The van der Waals surface area contributed by atoms with Crippen LogP contribution in [0.1, 0.15) is 16.8 Å². The van der Waals surface area contributed by atoms with Gasteiger partial charge in [0.2, 0.25) is 0 Å². The molecule has 3 nitrogen and oxygen atoms in total. The van der Waals surface area contributed by atoms with Crippen LogP contribution in [-0.2, 0) is 6.54 Å². The molecule has 4 heteroatoms.